The van der Waals surface area contributed by atoms with E-state index >= 15 is 0 Å². The molecule has 1 aromatic rings. The molecule has 1 unspecified atom stereocenters. The molecule has 10 nitrogen and oxygen atoms in total. The number of carbonyl (C=O) groups is 2. The van der Waals surface area contributed by atoms with Gasteiger partial charge in [0, 0.05) is 24.7 Å². The number of fused-ring (bicyclic) bond motifs is 1. The van der Waals surface area contributed by atoms with Crippen molar-refractivity contribution in [1.29, 1.82) is 0 Å². The lowest BCUT2D eigenvalue weighted by molar-refractivity contribution is -0.546. The molecular weight excluding hydrogens is 374 g/mol. The normalized spacial score (nSPS) is 34.7. The van der Waals surface area contributed by atoms with Crippen molar-refractivity contribution in [2.45, 2.75) is 70.4 Å². The second-order valence-corrected chi connectivity index (χ2v) is 7.28. The van der Waals surface area contributed by atoms with Gasteiger partial charge in [-0.05, 0) is 12.1 Å². The molecule has 1 aromatic heterocycles. The molecular formula is C18H23NO9. The van der Waals surface area contributed by atoms with E-state index in [9.17, 15) is 19.7 Å². The molecule has 2 fully saturated rings. The first-order valence-electron chi connectivity index (χ1n) is 9.03. The highest BCUT2D eigenvalue weighted by Gasteiger charge is 2.65. The topological polar surface area (TPSA) is 127 Å². The van der Waals surface area contributed by atoms with Crippen LogP contribution in [0.1, 0.15) is 39.4 Å². The summed E-state index contributed by atoms with van der Waals surface area (Å²) in [5.74, 6) is -2.17. The Hall–Kier alpha value is -2.46. The second kappa shape index (κ2) is 7.88. The van der Waals surface area contributed by atoms with Gasteiger partial charge < -0.3 is 23.4 Å². The van der Waals surface area contributed by atoms with Crippen molar-refractivity contribution in [3.8, 4) is 0 Å². The predicted molar refractivity (Wildman–Crippen MR) is 91.7 cm³/mol. The highest BCUT2D eigenvalue weighted by Crippen LogP contribution is 2.45. The molecule has 28 heavy (non-hydrogen) atoms. The maximum atomic E-state index is 12.0. The number of nitrogens with zero attached hydrogens (tertiary/aromatic N) is 1. The van der Waals surface area contributed by atoms with E-state index in [1.165, 1.54) is 20.1 Å². The zero-order valence-electron chi connectivity index (χ0n) is 16.0. The Bertz CT molecular complexity index is 731. The summed E-state index contributed by atoms with van der Waals surface area (Å²) in [6.07, 6.45) is -3.56. The van der Waals surface area contributed by atoms with Crippen LogP contribution in [0.5, 0.6) is 0 Å². The maximum Gasteiger partial charge on any atom is 0.303 e. The fourth-order valence-corrected chi connectivity index (χ4v) is 3.86. The van der Waals surface area contributed by atoms with Crippen molar-refractivity contribution < 1.29 is 37.9 Å². The molecule has 0 bridgehead atoms. The summed E-state index contributed by atoms with van der Waals surface area (Å²) in [5, 5.41) is 12.0. The molecule has 0 spiro atoms. The Labute approximate surface area is 161 Å². The van der Waals surface area contributed by atoms with Crippen LogP contribution in [0, 0.1) is 16.0 Å². The molecule has 2 aliphatic rings. The van der Waals surface area contributed by atoms with E-state index in [1.54, 1.807) is 12.1 Å². The van der Waals surface area contributed by atoms with E-state index in [0.717, 1.165) is 0 Å². The quantitative estimate of drug-likeness (QED) is 0.414. The molecule has 1 aliphatic carbocycles. The van der Waals surface area contributed by atoms with Gasteiger partial charge in [0.2, 0.25) is 0 Å². The number of hydrogen-bond acceptors (Lipinski definition) is 9. The predicted octanol–water partition coefficient (Wildman–Crippen LogP) is 1.65. The lowest BCUT2D eigenvalue weighted by atomic mass is 9.75. The minimum Gasteiger partial charge on any atom is -0.469 e. The van der Waals surface area contributed by atoms with Crippen LogP contribution < -0.4 is 0 Å². The highest BCUT2D eigenvalue weighted by atomic mass is 16.7. The number of esters is 2. The Morgan fingerprint density at radius 2 is 1.71 bits per heavy atom. The summed E-state index contributed by atoms with van der Waals surface area (Å²) in [5.41, 5.74) is 0. The molecule has 0 aromatic carbocycles. The van der Waals surface area contributed by atoms with Crippen LogP contribution in [0.15, 0.2) is 22.8 Å². The summed E-state index contributed by atoms with van der Waals surface area (Å²) in [6, 6.07) is 1.81. The van der Waals surface area contributed by atoms with Crippen LogP contribution in [-0.2, 0) is 28.5 Å². The first-order valence-corrected chi connectivity index (χ1v) is 9.03. The van der Waals surface area contributed by atoms with Gasteiger partial charge in [0.15, 0.2) is 24.6 Å². The minimum absolute atomic E-state index is 0.0924. The third-order valence-corrected chi connectivity index (χ3v) is 4.88. The van der Waals surface area contributed by atoms with Gasteiger partial charge in [-0.15, -0.1) is 0 Å². The Balaban J connectivity index is 2.10. The van der Waals surface area contributed by atoms with Crippen molar-refractivity contribution in [3.05, 3.63) is 34.3 Å². The van der Waals surface area contributed by atoms with Crippen molar-refractivity contribution >= 4 is 11.9 Å². The second-order valence-electron chi connectivity index (χ2n) is 7.28. The van der Waals surface area contributed by atoms with E-state index in [1.807, 2.05) is 13.8 Å². The summed E-state index contributed by atoms with van der Waals surface area (Å²) < 4.78 is 28.0. The SMILES string of the molecule is CC(=O)O[C@H]1[C@H]2OC(C(C)C)O[C@H]2[C@H]([N+](=O)[O-])[C@@H](c2ccco2)[C@H]1OC(C)=O. The smallest absolute Gasteiger partial charge is 0.303 e. The monoisotopic (exact) mass is 397 g/mol. The summed E-state index contributed by atoms with van der Waals surface area (Å²) >= 11 is 0. The van der Waals surface area contributed by atoms with Gasteiger partial charge in [0.25, 0.3) is 6.04 Å². The van der Waals surface area contributed by atoms with Gasteiger partial charge in [-0.1, -0.05) is 13.8 Å². The van der Waals surface area contributed by atoms with E-state index in [4.69, 9.17) is 23.4 Å². The van der Waals surface area contributed by atoms with Crippen molar-refractivity contribution in [3.63, 3.8) is 0 Å². The standard InChI is InChI=1S/C18H23NO9/c1-8(2)18-27-15-13(19(22)23)12(11-6-5-7-24-11)14(25-9(3)20)16(17(15)28-18)26-10(4)21/h5-8,12-18H,1-4H3/t12-,13-,14-,15+,16-,17+,18?/m1/s1. The third-order valence-electron chi connectivity index (χ3n) is 4.88. The van der Waals surface area contributed by atoms with Gasteiger partial charge in [0.1, 0.15) is 17.8 Å². The number of carbonyl (C=O) groups excluding carboxylic acids is 2. The average Bonchev–Trinajstić information content (AvgIpc) is 3.24. The molecule has 7 atom stereocenters. The zero-order valence-corrected chi connectivity index (χ0v) is 16.0. The van der Waals surface area contributed by atoms with Crippen molar-refractivity contribution in [2.75, 3.05) is 0 Å². The Morgan fingerprint density at radius 3 is 2.21 bits per heavy atom. The van der Waals surface area contributed by atoms with E-state index < -0.39 is 59.5 Å². The first-order chi connectivity index (χ1) is 13.2. The average molecular weight is 397 g/mol. The molecule has 1 aliphatic heterocycles. The molecule has 1 saturated heterocycles. The fraction of sp³-hybridized carbons (Fsp3) is 0.667. The highest BCUT2D eigenvalue weighted by molar-refractivity contribution is 5.67. The molecule has 0 amide bonds. The number of nitro groups is 1. The van der Waals surface area contributed by atoms with Crippen molar-refractivity contribution in [1.82, 2.24) is 0 Å². The van der Waals surface area contributed by atoms with Crippen LogP contribution in [0.25, 0.3) is 0 Å². The molecule has 10 heteroatoms. The minimum atomic E-state index is -1.32. The third kappa shape index (κ3) is 3.74. The van der Waals surface area contributed by atoms with Crippen LogP contribution in [0.3, 0.4) is 0 Å². The molecule has 1 saturated carbocycles. The number of ether oxygens (including phenoxy) is 4. The van der Waals surface area contributed by atoms with Gasteiger partial charge in [-0.3, -0.25) is 19.7 Å². The number of rotatable bonds is 5. The lowest BCUT2D eigenvalue weighted by Crippen LogP contribution is -2.62. The van der Waals surface area contributed by atoms with Gasteiger partial charge in [0.05, 0.1) is 6.26 Å². The molecule has 3 rings (SSSR count). The lowest BCUT2D eigenvalue weighted by Gasteiger charge is -2.41. The van der Waals surface area contributed by atoms with Gasteiger partial charge in [-0.25, -0.2) is 0 Å². The maximum absolute atomic E-state index is 12.0. The Kier molecular flexibility index (Phi) is 5.71. The summed E-state index contributed by atoms with van der Waals surface area (Å²) in [4.78, 5) is 35.0. The fourth-order valence-electron chi connectivity index (χ4n) is 3.86. The largest absolute Gasteiger partial charge is 0.469 e. The van der Waals surface area contributed by atoms with E-state index in [0.29, 0.717) is 0 Å². The van der Waals surface area contributed by atoms with Crippen LogP contribution >= 0.6 is 0 Å². The first kappa shape index (κ1) is 20.3. The van der Waals surface area contributed by atoms with Gasteiger partial charge in [-0.2, -0.15) is 0 Å². The van der Waals surface area contributed by atoms with Crippen LogP contribution in [0.2, 0.25) is 0 Å². The molecule has 0 N–H and O–H groups in total. The van der Waals surface area contributed by atoms with Gasteiger partial charge >= 0.3 is 11.9 Å². The molecule has 0 radical (unpaired) electrons. The summed E-state index contributed by atoms with van der Waals surface area (Å²) in [7, 11) is 0. The molecule has 2 heterocycles. The Morgan fingerprint density at radius 1 is 1.11 bits per heavy atom. The number of hydrogen-bond donors (Lipinski definition) is 0. The zero-order chi connectivity index (χ0) is 20.6. The molecule has 154 valence electrons. The summed E-state index contributed by atoms with van der Waals surface area (Å²) in [6.45, 7) is 6.08. The van der Waals surface area contributed by atoms with E-state index in [2.05, 4.69) is 0 Å². The van der Waals surface area contributed by atoms with Crippen LogP contribution in [-0.4, -0.2) is 53.6 Å². The number of furan rings is 1. The van der Waals surface area contributed by atoms with Crippen LogP contribution in [0.4, 0.5) is 0 Å². The van der Waals surface area contributed by atoms with E-state index in [-0.39, 0.29) is 11.7 Å². The van der Waals surface area contributed by atoms with Crippen molar-refractivity contribution in [2.24, 2.45) is 5.92 Å².